The first-order valence-corrected chi connectivity index (χ1v) is 14.3. The molecular weight excluding hydrogens is 565 g/mol. The molecule has 11 heteroatoms. The number of halogens is 2. The zero-order chi connectivity index (χ0) is 31.0. The summed E-state index contributed by atoms with van der Waals surface area (Å²) in [7, 11) is 1.20. The van der Waals surface area contributed by atoms with Gasteiger partial charge in [-0.25, -0.2) is 14.0 Å². The Morgan fingerprint density at radius 3 is 2.36 bits per heavy atom. The van der Waals surface area contributed by atoms with Crippen LogP contribution in [-0.4, -0.2) is 49.6 Å². The summed E-state index contributed by atoms with van der Waals surface area (Å²) in [5.74, 6) is -2.37. The van der Waals surface area contributed by atoms with Gasteiger partial charge in [0.1, 0.15) is 24.0 Å². The number of esters is 1. The summed E-state index contributed by atoms with van der Waals surface area (Å²) >= 11 is 6.25. The second-order valence-electron chi connectivity index (χ2n) is 11.5. The monoisotopic (exact) mass is 603 g/mol. The maximum absolute atomic E-state index is 13.8. The lowest BCUT2D eigenvalue weighted by molar-refractivity contribution is -0.146. The minimum atomic E-state index is -1.07. The van der Waals surface area contributed by atoms with Crippen LogP contribution in [0.3, 0.4) is 0 Å². The third-order valence-corrected chi connectivity index (χ3v) is 7.66. The molecule has 42 heavy (non-hydrogen) atoms. The summed E-state index contributed by atoms with van der Waals surface area (Å²) in [6, 6.07) is 10.7. The molecule has 228 valence electrons. The molecule has 4 atom stereocenters. The summed E-state index contributed by atoms with van der Waals surface area (Å²) in [5.41, 5.74) is 0.515. The Kier molecular flexibility index (Phi) is 11.3. The van der Waals surface area contributed by atoms with E-state index in [2.05, 4.69) is 16.0 Å². The Balaban J connectivity index is 1.83. The highest BCUT2D eigenvalue weighted by Gasteiger charge is 2.38. The van der Waals surface area contributed by atoms with E-state index in [0.717, 1.165) is 5.56 Å². The molecule has 2 aromatic carbocycles. The average Bonchev–Trinajstić information content (AvgIpc) is 3.34. The van der Waals surface area contributed by atoms with Crippen molar-refractivity contribution in [3.8, 4) is 0 Å². The van der Waals surface area contributed by atoms with Crippen molar-refractivity contribution in [3.63, 3.8) is 0 Å². The minimum Gasteiger partial charge on any atom is -0.467 e. The largest absolute Gasteiger partial charge is 0.467 e. The van der Waals surface area contributed by atoms with Gasteiger partial charge in [-0.1, -0.05) is 63.6 Å². The Bertz CT molecular complexity index is 1270. The summed E-state index contributed by atoms with van der Waals surface area (Å²) in [6.45, 7) is 8.02. The van der Waals surface area contributed by atoms with Gasteiger partial charge in [0.25, 0.3) is 0 Å². The van der Waals surface area contributed by atoms with Crippen LogP contribution in [0.25, 0.3) is 0 Å². The van der Waals surface area contributed by atoms with Gasteiger partial charge in [-0.05, 0) is 60.6 Å². The molecule has 1 unspecified atom stereocenters. The van der Waals surface area contributed by atoms with Crippen LogP contribution >= 0.6 is 11.6 Å². The van der Waals surface area contributed by atoms with Crippen LogP contribution in [0, 0.1) is 17.7 Å². The van der Waals surface area contributed by atoms with Crippen molar-refractivity contribution in [3.05, 3.63) is 70.5 Å². The molecule has 0 bridgehead atoms. The Labute approximate surface area is 250 Å². The number of hydrogen-bond acceptors (Lipinski definition) is 6. The van der Waals surface area contributed by atoms with E-state index in [1.165, 1.54) is 31.4 Å². The maximum Gasteiger partial charge on any atom is 0.408 e. The van der Waals surface area contributed by atoms with Gasteiger partial charge in [-0.3, -0.25) is 9.59 Å². The van der Waals surface area contributed by atoms with Gasteiger partial charge in [0.05, 0.1) is 7.11 Å². The van der Waals surface area contributed by atoms with Crippen LogP contribution in [0.15, 0.2) is 48.5 Å². The Morgan fingerprint density at radius 1 is 1.10 bits per heavy atom. The summed E-state index contributed by atoms with van der Waals surface area (Å²) in [4.78, 5) is 51.4. The van der Waals surface area contributed by atoms with Gasteiger partial charge in [0.2, 0.25) is 11.8 Å². The van der Waals surface area contributed by atoms with Crippen molar-refractivity contribution < 1.29 is 33.0 Å². The maximum atomic E-state index is 13.8. The van der Waals surface area contributed by atoms with Crippen molar-refractivity contribution in [2.24, 2.45) is 11.8 Å². The molecule has 2 aromatic rings. The summed E-state index contributed by atoms with van der Waals surface area (Å²) in [5, 5.41) is 8.54. The SMILES string of the molecule is COC(=O)[C@H](C[C@@H]1CCNC1=O)NC(=O)[C@H](CC(C)C)NC(=O)OC(c1ccc(F)cc1)C(C)(C)c1cccc(Cl)c1. The molecule has 0 aromatic heterocycles. The molecule has 1 aliphatic heterocycles. The minimum absolute atomic E-state index is 0.00552. The number of benzene rings is 2. The molecule has 1 saturated heterocycles. The van der Waals surface area contributed by atoms with E-state index in [1.54, 1.807) is 18.2 Å². The molecule has 0 saturated carbocycles. The number of carbonyl (C=O) groups excluding carboxylic acids is 4. The third-order valence-electron chi connectivity index (χ3n) is 7.42. The van der Waals surface area contributed by atoms with E-state index < -0.39 is 53.3 Å². The van der Waals surface area contributed by atoms with Crippen molar-refractivity contribution >= 4 is 35.5 Å². The van der Waals surface area contributed by atoms with Crippen LogP contribution in [-0.2, 0) is 29.3 Å². The van der Waals surface area contributed by atoms with E-state index in [-0.39, 0.29) is 24.7 Å². The fourth-order valence-corrected chi connectivity index (χ4v) is 5.27. The topological polar surface area (TPSA) is 123 Å². The smallest absolute Gasteiger partial charge is 0.408 e. The highest BCUT2D eigenvalue weighted by Crippen LogP contribution is 2.40. The number of nitrogens with one attached hydrogen (secondary N) is 3. The molecule has 3 rings (SSSR count). The first-order valence-electron chi connectivity index (χ1n) is 14.0. The number of amides is 3. The molecular formula is C31H39ClFN3O6. The predicted molar refractivity (Wildman–Crippen MR) is 156 cm³/mol. The van der Waals surface area contributed by atoms with Crippen LogP contribution in [0.2, 0.25) is 5.02 Å². The van der Waals surface area contributed by atoms with Crippen molar-refractivity contribution in [1.29, 1.82) is 0 Å². The van der Waals surface area contributed by atoms with E-state index in [9.17, 15) is 23.6 Å². The van der Waals surface area contributed by atoms with Crippen molar-refractivity contribution in [2.45, 2.75) is 70.6 Å². The van der Waals surface area contributed by atoms with Gasteiger partial charge < -0.3 is 25.4 Å². The van der Waals surface area contributed by atoms with Gasteiger partial charge in [-0.2, -0.15) is 0 Å². The Morgan fingerprint density at radius 2 is 1.79 bits per heavy atom. The van der Waals surface area contributed by atoms with E-state index in [1.807, 2.05) is 33.8 Å². The highest BCUT2D eigenvalue weighted by atomic mass is 35.5. The number of carbonyl (C=O) groups is 4. The fourth-order valence-electron chi connectivity index (χ4n) is 5.08. The van der Waals surface area contributed by atoms with Crippen LogP contribution in [0.5, 0.6) is 0 Å². The lowest BCUT2D eigenvalue weighted by Gasteiger charge is -2.35. The number of hydrogen-bond donors (Lipinski definition) is 3. The number of ether oxygens (including phenoxy) is 2. The summed E-state index contributed by atoms with van der Waals surface area (Å²) in [6.07, 6.45) is -0.899. The van der Waals surface area contributed by atoms with E-state index >= 15 is 0 Å². The van der Waals surface area contributed by atoms with Crippen LogP contribution in [0.1, 0.15) is 64.2 Å². The summed E-state index contributed by atoms with van der Waals surface area (Å²) < 4.78 is 24.6. The molecule has 0 aliphatic carbocycles. The van der Waals surface area contributed by atoms with E-state index in [4.69, 9.17) is 21.1 Å². The highest BCUT2D eigenvalue weighted by molar-refractivity contribution is 6.30. The molecule has 0 spiro atoms. The predicted octanol–water partition coefficient (Wildman–Crippen LogP) is 4.82. The second-order valence-corrected chi connectivity index (χ2v) is 11.9. The van der Waals surface area contributed by atoms with Crippen LogP contribution < -0.4 is 16.0 Å². The number of rotatable bonds is 12. The third kappa shape index (κ3) is 8.67. The van der Waals surface area contributed by atoms with Gasteiger partial charge in [-0.15, -0.1) is 0 Å². The first kappa shape index (κ1) is 32.8. The van der Waals surface area contributed by atoms with Gasteiger partial charge in [0.15, 0.2) is 0 Å². The second kappa shape index (κ2) is 14.5. The first-order chi connectivity index (χ1) is 19.8. The van der Waals surface area contributed by atoms with E-state index in [0.29, 0.717) is 23.6 Å². The lowest BCUT2D eigenvalue weighted by atomic mass is 9.76. The van der Waals surface area contributed by atoms with Crippen molar-refractivity contribution in [2.75, 3.05) is 13.7 Å². The van der Waals surface area contributed by atoms with Gasteiger partial charge in [0, 0.05) is 22.9 Å². The van der Waals surface area contributed by atoms with Crippen LogP contribution in [0.4, 0.5) is 9.18 Å². The normalized spacial score (nSPS) is 17.1. The Hall–Kier alpha value is -3.66. The standard InChI is InChI=1S/C31H39ClFN3O6/c1-18(2)15-24(28(38)35-25(29(39)41-5)16-20-13-14-34-27(20)37)36-30(40)42-26(19-9-11-23(33)12-10-19)31(3,4)21-7-6-8-22(32)17-21/h6-12,17-18,20,24-26H,13-16H2,1-5H3,(H,34,37)(H,35,38)(H,36,40)/t20-,24-,25-,26?/m0/s1. The number of methoxy groups -OCH3 is 1. The number of alkyl carbamates (subject to hydrolysis) is 1. The lowest BCUT2D eigenvalue weighted by Crippen LogP contribution is -2.53. The molecule has 1 fully saturated rings. The zero-order valence-corrected chi connectivity index (χ0v) is 25.3. The van der Waals surface area contributed by atoms with Gasteiger partial charge >= 0.3 is 12.1 Å². The molecule has 1 heterocycles. The molecule has 3 amide bonds. The zero-order valence-electron chi connectivity index (χ0n) is 24.5. The molecule has 0 radical (unpaired) electrons. The van der Waals surface area contributed by atoms with Crippen molar-refractivity contribution in [1.82, 2.24) is 16.0 Å². The fraction of sp³-hybridized carbons (Fsp3) is 0.484. The average molecular weight is 604 g/mol. The molecule has 1 aliphatic rings. The molecule has 3 N–H and O–H groups in total. The quantitative estimate of drug-likeness (QED) is 0.299. The molecule has 9 nitrogen and oxygen atoms in total.